The molecular weight excluding hydrogens is 300 g/mol. The standard InChI is InChI=1S/C13H19BrO2S/c1-4-6-7-9(3)10-8-11(14)17-12(10)13(15)16-5-2/h8-9H,4-7H2,1-3H3. The highest BCUT2D eigenvalue weighted by Gasteiger charge is 2.20. The Morgan fingerprint density at radius 1 is 1.53 bits per heavy atom. The lowest BCUT2D eigenvalue weighted by Gasteiger charge is -2.11. The summed E-state index contributed by atoms with van der Waals surface area (Å²) in [5.41, 5.74) is 1.12. The molecular formula is C13H19BrO2S. The Kier molecular flexibility index (Phi) is 6.20. The summed E-state index contributed by atoms with van der Waals surface area (Å²) in [4.78, 5) is 12.6. The number of halogens is 1. The maximum atomic E-state index is 11.8. The summed E-state index contributed by atoms with van der Waals surface area (Å²) in [7, 11) is 0. The molecule has 0 radical (unpaired) electrons. The molecule has 17 heavy (non-hydrogen) atoms. The van der Waals surface area contributed by atoms with Gasteiger partial charge >= 0.3 is 5.97 Å². The van der Waals surface area contributed by atoms with Gasteiger partial charge in [-0.3, -0.25) is 0 Å². The quantitative estimate of drug-likeness (QED) is 0.691. The molecule has 1 heterocycles. The van der Waals surface area contributed by atoms with Crippen molar-refractivity contribution in [2.75, 3.05) is 6.61 Å². The van der Waals surface area contributed by atoms with Gasteiger partial charge in [-0.2, -0.15) is 0 Å². The smallest absolute Gasteiger partial charge is 0.348 e. The summed E-state index contributed by atoms with van der Waals surface area (Å²) >= 11 is 4.92. The average Bonchev–Trinajstić information content (AvgIpc) is 2.68. The Morgan fingerprint density at radius 3 is 2.82 bits per heavy atom. The van der Waals surface area contributed by atoms with Gasteiger partial charge in [-0.1, -0.05) is 26.7 Å². The van der Waals surface area contributed by atoms with Crippen LogP contribution in [0, 0.1) is 0 Å². The van der Waals surface area contributed by atoms with Crippen LogP contribution >= 0.6 is 27.3 Å². The van der Waals surface area contributed by atoms with E-state index in [2.05, 4.69) is 35.8 Å². The zero-order chi connectivity index (χ0) is 12.8. The van der Waals surface area contributed by atoms with Gasteiger partial charge in [0.2, 0.25) is 0 Å². The summed E-state index contributed by atoms with van der Waals surface area (Å²) in [6.07, 6.45) is 3.49. The second-order valence-corrected chi connectivity index (χ2v) is 6.53. The van der Waals surface area contributed by atoms with E-state index in [0.717, 1.165) is 20.6 Å². The lowest BCUT2D eigenvalue weighted by molar-refractivity contribution is 0.0530. The predicted molar refractivity (Wildman–Crippen MR) is 75.9 cm³/mol. The first-order valence-electron chi connectivity index (χ1n) is 6.06. The molecule has 1 atom stereocenters. The number of hydrogen-bond donors (Lipinski definition) is 0. The summed E-state index contributed by atoms with van der Waals surface area (Å²) in [6.45, 7) is 6.62. The first-order valence-corrected chi connectivity index (χ1v) is 7.67. The van der Waals surface area contributed by atoms with E-state index in [1.165, 1.54) is 24.2 Å². The fraction of sp³-hybridized carbons (Fsp3) is 0.615. The van der Waals surface area contributed by atoms with Crippen molar-refractivity contribution >= 4 is 33.2 Å². The molecule has 0 aliphatic heterocycles. The minimum atomic E-state index is -0.193. The number of unbranched alkanes of at least 4 members (excludes halogenated alkanes) is 1. The van der Waals surface area contributed by atoms with Crippen LogP contribution in [-0.2, 0) is 4.74 Å². The second-order valence-electron chi connectivity index (χ2n) is 4.10. The first-order chi connectivity index (χ1) is 8.10. The lowest BCUT2D eigenvalue weighted by Crippen LogP contribution is -2.06. The Hall–Kier alpha value is -0.350. The average molecular weight is 319 g/mol. The third-order valence-corrected chi connectivity index (χ3v) is 4.35. The molecule has 0 saturated heterocycles. The van der Waals surface area contributed by atoms with Crippen LogP contribution in [0.5, 0.6) is 0 Å². The Morgan fingerprint density at radius 2 is 2.24 bits per heavy atom. The van der Waals surface area contributed by atoms with Crippen LogP contribution in [0.2, 0.25) is 0 Å². The maximum Gasteiger partial charge on any atom is 0.348 e. The minimum Gasteiger partial charge on any atom is -0.462 e. The first kappa shape index (κ1) is 14.7. The van der Waals surface area contributed by atoms with Crippen LogP contribution in [-0.4, -0.2) is 12.6 Å². The number of carbonyl (C=O) groups is 1. The van der Waals surface area contributed by atoms with Gasteiger partial charge in [-0.15, -0.1) is 11.3 Å². The van der Waals surface area contributed by atoms with E-state index in [4.69, 9.17) is 4.74 Å². The van der Waals surface area contributed by atoms with E-state index in [-0.39, 0.29) is 5.97 Å². The number of thiophene rings is 1. The molecule has 0 bridgehead atoms. The van der Waals surface area contributed by atoms with Crippen LogP contribution in [0.15, 0.2) is 9.85 Å². The summed E-state index contributed by atoms with van der Waals surface area (Å²) in [5.74, 6) is 0.221. The van der Waals surface area contributed by atoms with Gasteiger partial charge in [0.05, 0.1) is 10.4 Å². The second kappa shape index (κ2) is 7.17. The van der Waals surface area contributed by atoms with Gasteiger partial charge in [0.1, 0.15) is 4.88 Å². The number of hydrogen-bond acceptors (Lipinski definition) is 3. The topological polar surface area (TPSA) is 26.3 Å². The highest BCUT2D eigenvalue weighted by atomic mass is 79.9. The molecule has 1 unspecified atom stereocenters. The number of esters is 1. The molecule has 0 amide bonds. The van der Waals surface area contributed by atoms with Crippen molar-refractivity contribution in [1.82, 2.24) is 0 Å². The molecule has 0 N–H and O–H groups in total. The van der Waals surface area contributed by atoms with Crippen LogP contribution < -0.4 is 0 Å². The molecule has 0 aliphatic carbocycles. The summed E-state index contributed by atoms with van der Waals surface area (Å²) in [6, 6.07) is 2.05. The van der Waals surface area contributed by atoms with Crippen molar-refractivity contribution < 1.29 is 9.53 Å². The van der Waals surface area contributed by atoms with Crippen molar-refractivity contribution in [1.29, 1.82) is 0 Å². The molecule has 0 fully saturated rings. The lowest BCUT2D eigenvalue weighted by atomic mass is 9.96. The van der Waals surface area contributed by atoms with Crippen LogP contribution in [0.25, 0.3) is 0 Å². The maximum absolute atomic E-state index is 11.8. The van der Waals surface area contributed by atoms with E-state index in [0.29, 0.717) is 12.5 Å². The normalized spacial score (nSPS) is 12.5. The third kappa shape index (κ3) is 4.11. The summed E-state index contributed by atoms with van der Waals surface area (Å²) < 4.78 is 6.09. The van der Waals surface area contributed by atoms with E-state index in [9.17, 15) is 4.79 Å². The number of rotatable bonds is 6. The Bertz CT molecular complexity index is 373. The van der Waals surface area contributed by atoms with Gasteiger partial charge < -0.3 is 4.74 Å². The molecule has 1 aromatic heterocycles. The molecule has 1 aromatic rings. The van der Waals surface area contributed by atoms with Gasteiger partial charge in [-0.05, 0) is 46.8 Å². The molecule has 0 spiro atoms. The van der Waals surface area contributed by atoms with Gasteiger partial charge in [-0.25, -0.2) is 4.79 Å². The van der Waals surface area contributed by atoms with Crippen molar-refractivity contribution in [3.05, 3.63) is 20.3 Å². The van der Waals surface area contributed by atoms with Crippen LogP contribution in [0.4, 0.5) is 0 Å². The molecule has 4 heteroatoms. The van der Waals surface area contributed by atoms with Crippen molar-refractivity contribution in [2.24, 2.45) is 0 Å². The zero-order valence-corrected chi connectivity index (χ0v) is 13.0. The fourth-order valence-corrected chi connectivity index (χ4v) is 3.40. The number of carbonyl (C=O) groups excluding carboxylic acids is 1. The van der Waals surface area contributed by atoms with Crippen molar-refractivity contribution in [3.63, 3.8) is 0 Å². The van der Waals surface area contributed by atoms with E-state index in [1.54, 1.807) is 0 Å². The van der Waals surface area contributed by atoms with Gasteiger partial charge in [0.25, 0.3) is 0 Å². The van der Waals surface area contributed by atoms with E-state index in [1.807, 2.05) is 6.92 Å². The highest BCUT2D eigenvalue weighted by Crippen LogP contribution is 2.34. The van der Waals surface area contributed by atoms with Crippen LogP contribution in [0.1, 0.15) is 61.2 Å². The van der Waals surface area contributed by atoms with Crippen LogP contribution in [0.3, 0.4) is 0 Å². The highest BCUT2D eigenvalue weighted by molar-refractivity contribution is 9.11. The molecule has 1 rings (SSSR count). The molecule has 0 aliphatic rings. The molecule has 96 valence electrons. The fourth-order valence-electron chi connectivity index (χ4n) is 1.76. The predicted octanol–water partition coefficient (Wildman–Crippen LogP) is 4.98. The number of ether oxygens (including phenoxy) is 1. The minimum absolute atomic E-state index is 0.193. The summed E-state index contributed by atoms with van der Waals surface area (Å²) in [5, 5.41) is 0. The zero-order valence-electron chi connectivity index (χ0n) is 10.6. The van der Waals surface area contributed by atoms with Crippen molar-refractivity contribution in [2.45, 2.75) is 46.0 Å². The largest absolute Gasteiger partial charge is 0.462 e. The van der Waals surface area contributed by atoms with Crippen molar-refractivity contribution in [3.8, 4) is 0 Å². The molecule has 0 aromatic carbocycles. The SMILES string of the molecule is CCCCC(C)c1cc(Br)sc1C(=O)OCC. The monoisotopic (exact) mass is 318 g/mol. The van der Waals surface area contributed by atoms with Gasteiger partial charge in [0.15, 0.2) is 0 Å². The molecule has 2 nitrogen and oxygen atoms in total. The molecule has 0 saturated carbocycles. The third-order valence-electron chi connectivity index (χ3n) is 2.71. The Balaban J connectivity index is 2.86. The van der Waals surface area contributed by atoms with E-state index < -0.39 is 0 Å². The van der Waals surface area contributed by atoms with Gasteiger partial charge in [0, 0.05) is 0 Å². The van der Waals surface area contributed by atoms with E-state index >= 15 is 0 Å². The Labute approximate surface area is 115 Å².